The lowest BCUT2D eigenvalue weighted by Crippen LogP contribution is -1.93. The van der Waals surface area contributed by atoms with Gasteiger partial charge in [-0.1, -0.05) is 34.1 Å². The molecule has 1 unspecified atom stereocenters. The number of hydrogen-bond acceptors (Lipinski definition) is 3. The van der Waals surface area contributed by atoms with Crippen LogP contribution in [-0.2, 0) is 0 Å². The highest BCUT2D eigenvalue weighted by molar-refractivity contribution is 9.09. The molecule has 3 aromatic rings. The van der Waals surface area contributed by atoms with Crippen LogP contribution in [0.25, 0.3) is 10.8 Å². The van der Waals surface area contributed by atoms with Crippen LogP contribution >= 0.6 is 27.3 Å². The van der Waals surface area contributed by atoms with Gasteiger partial charge in [-0.3, -0.25) is 0 Å². The van der Waals surface area contributed by atoms with Crippen molar-refractivity contribution in [2.45, 2.75) is 4.83 Å². The normalized spacial score (nSPS) is 12.3. The van der Waals surface area contributed by atoms with Gasteiger partial charge in [0.05, 0.1) is 23.9 Å². The Balaban J connectivity index is 2.01. The van der Waals surface area contributed by atoms with Gasteiger partial charge >= 0.3 is 0 Å². The van der Waals surface area contributed by atoms with Crippen LogP contribution in [0.4, 0.5) is 0 Å². The molecule has 2 aromatic carbocycles. The Morgan fingerprint density at radius 2 is 1.71 bits per heavy atom. The lowest BCUT2D eigenvalue weighted by molar-refractivity contribution is 0.413. The van der Waals surface area contributed by atoms with E-state index in [4.69, 9.17) is 9.47 Å². The SMILES string of the molecule is COc1ccc2cc(C(Br)c3sccc3OC)ccc2c1. The Labute approximate surface area is 136 Å². The van der Waals surface area contributed by atoms with E-state index in [-0.39, 0.29) is 4.83 Å². The van der Waals surface area contributed by atoms with Crippen molar-refractivity contribution < 1.29 is 9.47 Å². The Bertz CT molecular complexity index is 766. The van der Waals surface area contributed by atoms with Gasteiger partial charge in [0.1, 0.15) is 11.5 Å². The number of thiophene rings is 1. The summed E-state index contributed by atoms with van der Waals surface area (Å²) in [6, 6.07) is 14.6. The smallest absolute Gasteiger partial charge is 0.134 e. The standard InChI is InChI=1S/C17H15BrO2S/c1-19-14-6-5-11-9-13(4-3-12(11)10-14)16(18)17-15(20-2)7-8-21-17/h3-10,16H,1-2H3. The molecule has 0 aliphatic carbocycles. The van der Waals surface area contributed by atoms with Crippen LogP contribution in [0.15, 0.2) is 47.8 Å². The van der Waals surface area contributed by atoms with E-state index in [2.05, 4.69) is 40.2 Å². The largest absolute Gasteiger partial charge is 0.497 e. The molecule has 1 aromatic heterocycles. The minimum Gasteiger partial charge on any atom is -0.497 e. The van der Waals surface area contributed by atoms with Gasteiger partial charge in [0.2, 0.25) is 0 Å². The molecule has 0 fully saturated rings. The first kappa shape index (κ1) is 14.4. The van der Waals surface area contributed by atoms with E-state index in [1.807, 2.05) is 23.6 Å². The van der Waals surface area contributed by atoms with E-state index in [9.17, 15) is 0 Å². The third kappa shape index (κ3) is 2.78. The molecule has 0 saturated heterocycles. The molecule has 0 radical (unpaired) electrons. The summed E-state index contributed by atoms with van der Waals surface area (Å²) in [6.45, 7) is 0. The highest BCUT2D eigenvalue weighted by Crippen LogP contribution is 2.41. The maximum Gasteiger partial charge on any atom is 0.134 e. The minimum atomic E-state index is 0.138. The second kappa shape index (κ2) is 6.08. The van der Waals surface area contributed by atoms with Crippen molar-refractivity contribution in [3.05, 3.63) is 58.3 Å². The quantitative estimate of drug-likeness (QED) is 0.578. The summed E-state index contributed by atoms with van der Waals surface area (Å²) >= 11 is 5.48. The van der Waals surface area contributed by atoms with Gasteiger partial charge in [-0.05, 0) is 46.0 Å². The van der Waals surface area contributed by atoms with Gasteiger partial charge in [-0.25, -0.2) is 0 Å². The molecule has 1 heterocycles. The maximum absolute atomic E-state index is 5.41. The van der Waals surface area contributed by atoms with Crippen LogP contribution in [0, 0.1) is 0 Å². The molecule has 0 spiro atoms. The lowest BCUT2D eigenvalue weighted by Gasteiger charge is -2.12. The Kier molecular flexibility index (Phi) is 4.17. The maximum atomic E-state index is 5.41. The first-order valence-corrected chi connectivity index (χ1v) is 8.35. The fourth-order valence-electron chi connectivity index (χ4n) is 2.34. The Morgan fingerprint density at radius 3 is 2.48 bits per heavy atom. The zero-order chi connectivity index (χ0) is 14.8. The van der Waals surface area contributed by atoms with E-state index in [0.717, 1.165) is 11.5 Å². The number of benzene rings is 2. The zero-order valence-corrected chi connectivity index (χ0v) is 14.2. The van der Waals surface area contributed by atoms with Crippen molar-refractivity contribution in [1.29, 1.82) is 0 Å². The summed E-state index contributed by atoms with van der Waals surface area (Å²) in [5.74, 6) is 1.81. The fourth-order valence-corrected chi connectivity index (χ4v) is 4.04. The van der Waals surface area contributed by atoms with E-state index < -0.39 is 0 Å². The van der Waals surface area contributed by atoms with Crippen molar-refractivity contribution in [2.24, 2.45) is 0 Å². The number of methoxy groups -OCH3 is 2. The van der Waals surface area contributed by atoms with Gasteiger partial charge in [0, 0.05) is 0 Å². The summed E-state index contributed by atoms with van der Waals surface area (Å²) in [5.41, 5.74) is 1.22. The van der Waals surface area contributed by atoms with E-state index in [1.165, 1.54) is 21.2 Å². The molecule has 0 aliphatic heterocycles. The molecule has 4 heteroatoms. The summed E-state index contributed by atoms with van der Waals surface area (Å²) in [6.07, 6.45) is 0. The number of ether oxygens (including phenoxy) is 2. The average Bonchev–Trinajstić information content (AvgIpc) is 3.01. The molecule has 0 amide bonds. The second-order valence-corrected chi connectivity index (χ2v) is 6.55. The van der Waals surface area contributed by atoms with Gasteiger partial charge in [-0.2, -0.15) is 0 Å². The molecule has 0 saturated carbocycles. The van der Waals surface area contributed by atoms with Crippen molar-refractivity contribution in [3.8, 4) is 11.5 Å². The van der Waals surface area contributed by atoms with Crippen molar-refractivity contribution >= 4 is 38.0 Å². The minimum absolute atomic E-state index is 0.138. The number of alkyl halides is 1. The Morgan fingerprint density at radius 1 is 0.952 bits per heavy atom. The zero-order valence-electron chi connectivity index (χ0n) is 11.8. The number of hydrogen-bond donors (Lipinski definition) is 0. The summed E-state index contributed by atoms with van der Waals surface area (Å²) in [5, 5.41) is 4.43. The monoisotopic (exact) mass is 362 g/mol. The first-order valence-electron chi connectivity index (χ1n) is 6.56. The third-order valence-corrected chi connectivity index (χ3v) is 5.72. The molecule has 0 aliphatic rings. The molecule has 0 N–H and O–H groups in total. The predicted molar refractivity (Wildman–Crippen MR) is 92.1 cm³/mol. The van der Waals surface area contributed by atoms with E-state index in [0.29, 0.717) is 0 Å². The van der Waals surface area contributed by atoms with Gasteiger partial charge in [-0.15, -0.1) is 11.3 Å². The molecule has 108 valence electrons. The first-order chi connectivity index (χ1) is 10.2. The van der Waals surface area contributed by atoms with Crippen molar-refractivity contribution in [3.63, 3.8) is 0 Å². The van der Waals surface area contributed by atoms with Crippen LogP contribution in [0.5, 0.6) is 11.5 Å². The van der Waals surface area contributed by atoms with Crippen LogP contribution in [0.2, 0.25) is 0 Å². The van der Waals surface area contributed by atoms with Crippen molar-refractivity contribution in [2.75, 3.05) is 14.2 Å². The molecular weight excluding hydrogens is 348 g/mol. The highest BCUT2D eigenvalue weighted by Gasteiger charge is 2.17. The molecule has 2 nitrogen and oxygen atoms in total. The summed E-state index contributed by atoms with van der Waals surface area (Å²) < 4.78 is 10.7. The molecule has 21 heavy (non-hydrogen) atoms. The lowest BCUT2D eigenvalue weighted by atomic mass is 10.0. The van der Waals surface area contributed by atoms with Crippen LogP contribution in [-0.4, -0.2) is 14.2 Å². The summed E-state index contributed by atoms with van der Waals surface area (Å²) in [7, 11) is 3.39. The number of halogens is 1. The summed E-state index contributed by atoms with van der Waals surface area (Å²) in [4.78, 5) is 1.32. The molecule has 0 bridgehead atoms. The molecular formula is C17H15BrO2S. The van der Waals surface area contributed by atoms with E-state index in [1.54, 1.807) is 25.6 Å². The third-order valence-electron chi connectivity index (χ3n) is 3.47. The molecule has 1 atom stereocenters. The number of rotatable bonds is 4. The van der Waals surface area contributed by atoms with E-state index >= 15 is 0 Å². The molecule has 3 rings (SSSR count). The van der Waals surface area contributed by atoms with Crippen molar-refractivity contribution in [1.82, 2.24) is 0 Å². The average molecular weight is 363 g/mol. The van der Waals surface area contributed by atoms with Gasteiger partial charge < -0.3 is 9.47 Å². The number of fused-ring (bicyclic) bond motifs is 1. The highest BCUT2D eigenvalue weighted by atomic mass is 79.9. The van der Waals surface area contributed by atoms with Crippen LogP contribution in [0.3, 0.4) is 0 Å². The Hall–Kier alpha value is -1.52. The van der Waals surface area contributed by atoms with Crippen LogP contribution in [0.1, 0.15) is 15.3 Å². The predicted octanol–water partition coefficient (Wildman–Crippen LogP) is 5.40. The fraction of sp³-hybridized carbons (Fsp3) is 0.176. The van der Waals surface area contributed by atoms with Gasteiger partial charge in [0.25, 0.3) is 0 Å². The second-order valence-electron chi connectivity index (χ2n) is 4.69. The van der Waals surface area contributed by atoms with Crippen LogP contribution < -0.4 is 9.47 Å². The topological polar surface area (TPSA) is 18.5 Å². The van der Waals surface area contributed by atoms with Gasteiger partial charge in [0.15, 0.2) is 0 Å².